The Bertz CT molecular complexity index is 689. The van der Waals surface area contributed by atoms with Gasteiger partial charge in [-0.05, 0) is 50.1 Å². The molecule has 1 N–H and O–H groups in total. The standard InChI is InChI=1S/C13H7Br2FN2OS/c14-9-4-11(20-12(9)15)13(19)18-6-8-2-1-7(5-17)3-10(8)16/h1-4H,6H2,(H,18,19). The van der Waals surface area contributed by atoms with Crippen LogP contribution in [-0.4, -0.2) is 5.91 Å². The van der Waals surface area contributed by atoms with Gasteiger partial charge < -0.3 is 5.32 Å². The van der Waals surface area contributed by atoms with Crippen molar-refractivity contribution in [1.82, 2.24) is 5.32 Å². The lowest BCUT2D eigenvalue weighted by molar-refractivity contribution is 0.0954. The summed E-state index contributed by atoms with van der Waals surface area (Å²) in [4.78, 5) is 12.4. The van der Waals surface area contributed by atoms with E-state index < -0.39 is 5.82 Å². The molecule has 0 spiro atoms. The molecule has 3 nitrogen and oxygen atoms in total. The van der Waals surface area contributed by atoms with Crippen LogP contribution in [0.3, 0.4) is 0 Å². The van der Waals surface area contributed by atoms with Crippen LogP contribution in [-0.2, 0) is 6.54 Å². The van der Waals surface area contributed by atoms with Crippen molar-refractivity contribution in [3.63, 3.8) is 0 Å². The predicted molar refractivity (Wildman–Crippen MR) is 82.0 cm³/mol. The molecule has 0 fully saturated rings. The van der Waals surface area contributed by atoms with E-state index in [1.165, 1.54) is 23.5 Å². The zero-order valence-electron chi connectivity index (χ0n) is 9.91. The molecule has 1 aromatic carbocycles. The fraction of sp³-hybridized carbons (Fsp3) is 0.0769. The highest BCUT2D eigenvalue weighted by atomic mass is 79.9. The maximum absolute atomic E-state index is 13.6. The molecule has 0 aliphatic heterocycles. The third kappa shape index (κ3) is 3.45. The van der Waals surface area contributed by atoms with E-state index in [9.17, 15) is 9.18 Å². The maximum atomic E-state index is 13.6. The molecule has 1 aromatic heterocycles. The van der Waals surface area contributed by atoms with Gasteiger partial charge in [-0.15, -0.1) is 11.3 Å². The van der Waals surface area contributed by atoms with Crippen LogP contribution in [0, 0.1) is 17.1 Å². The molecule has 0 saturated carbocycles. The Kier molecular flexibility index (Phi) is 4.91. The summed E-state index contributed by atoms with van der Waals surface area (Å²) in [5.41, 5.74) is 0.593. The van der Waals surface area contributed by atoms with Gasteiger partial charge in [-0.25, -0.2) is 4.39 Å². The minimum absolute atomic E-state index is 0.0729. The first-order valence-corrected chi connectivity index (χ1v) is 7.83. The van der Waals surface area contributed by atoms with Crippen LogP contribution in [0.2, 0.25) is 0 Å². The molecule has 1 heterocycles. The highest BCUT2D eigenvalue weighted by Gasteiger charge is 2.12. The molecule has 20 heavy (non-hydrogen) atoms. The van der Waals surface area contributed by atoms with Gasteiger partial charge >= 0.3 is 0 Å². The van der Waals surface area contributed by atoms with E-state index >= 15 is 0 Å². The largest absolute Gasteiger partial charge is 0.347 e. The molecule has 0 radical (unpaired) electrons. The Labute approximate surface area is 135 Å². The lowest BCUT2D eigenvalue weighted by Crippen LogP contribution is -2.22. The number of benzene rings is 1. The summed E-state index contributed by atoms with van der Waals surface area (Å²) in [5, 5.41) is 11.3. The van der Waals surface area contributed by atoms with Gasteiger partial charge in [-0.3, -0.25) is 4.79 Å². The Hall–Kier alpha value is -1.23. The number of carbonyl (C=O) groups excluding carboxylic acids is 1. The summed E-state index contributed by atoms with van der Waals surface area (Å²) in [6, 6.07) is 7.72. The van der Waals surface area contributed by atoms with Gasteiger partial charge in [0, 0.05) is 16.6 Å². The summed E-state index contributed by atoms with van der Waals surface area (Å²) in [6.45, 7) is 0.0729. The van der Waals surface area contributed by atoms with Gasteiger partial charge in [0.2, 0.25) is 0 Å². The molecule has 0 atom stereocenters. The van der Waals surface area contributed by atoms with Crippen LogP contribution < -0.4 is 5.32 Å². The average Bonchev–Trinajstić information content (AvgIpc) is 2.77. The first kappa shape index (κ1) is 15.2. The topological polar surface area (TPSA) is 52.9 Å². The fourth-order valence-corrected chi connectivity index (χ4v) is 3.43. The minimum Gasteiger partial charge on any atom is -0.347 e. The summed E-state index contributed by atoms with van der Waals surface area (Å²) in [6.07, 6.45) is 0. The minimum atomic E-state index is -0.502. The highest BCUT2D eigenvalue weighted by Crippen LogP contribution is 2.32. The van der Waals surface area contributed by atoms with Crippen LogP contribution in [0.15, 0.2) is 32.5 Å². The molecule has 0 unspecified atom stereocenters. The van der Waals surface area contributed by atoms with Gasteiger partial charge in [0.15, 0.2) is 0 Å². The van der Waals surface area contributed by atoms with E-state index in [1.807, 2.05) is 6.07 Å². The van der Waals surface area contributed by atoms with E-state index in [0.29, 0.717) is 10.4 Å². The number of hydrogen-bond acceptors (Lipinski definition) is 3. The number of thiophene rings is 1. The van der Waals surface area contributed by atoms with Crippen molar-refractivity contribution in [3.8, 4) is 6.07 Å². The molecule has 1 amide bonds. The summed E-state index contributed by atoms with van der Waals surface area (Å²) < 4.78 is 15.3. The molecule has 2 aromatic rings. The van der Waals surface area contributed by atoms with Crippen LogP contribution in [0.1, 0.15) is 20.8 Å². The molecule has 0 aliphatic carbocycles. The van der Waals surface area contributed by atoms with E-state index in [0.717, 1.165) is 14.3 Å². The van der Waals surface area contributed by atoms with Gasteiger partial charge in [0.05, 0.1) is 20.3 Å². The highest BCUT2D eigenvalue weighted by molar-refractivity contribution is 9.13. The average molecular weight is 418 g/mol. The second-order valence-electron chi connectivity index (χ2n) is 3.83. The number of nitrogens with zero attached hydrogens (tertiary/aromatic N) is 1. The van der Waals surface area contributed by atoms with Crippen molar-refractivity contribution in [3.05, 3.63) is 54.3 Å². The normalized spacial score (nSPS) is 10.1. The second kappa shape index (κ2) is 6.48. The summed E-state index contributed by atoms with van der Waals surface area (Å²) >= 11 is 7.90. The lowest BCUT2D eigenvalue weighted by atomic mass is 10.1. The molecular formula is C13H7Br2FN2OS. The number of nitriles is 1. The van der Waals surface area contributed by atoms with E-state index in [-0.39, 0.29) is 18.0 Å². The Balaban J connectivity index is 2.05. The zero-order chi connectivity index (χ0) is 14.7. The summed E-state index contributed by atoms with van der Waals surface area (Å²) in [5.74, 6) is -0.775. The first-order chi connectivity index (χ1) is 9.51. The van der Waals surface area contributed by atoms with Gasteiger partial charge in [-0.1, -0.05) is 6.07 Å². The molecule has 7 heteroatoms. The van der Waals surface area contributed by atoms with Crippen LogP contribution in [0.4, 0.5) is 4.39 Å². The first-order valence-electron chi connectivity index (χ1n) is 5.43. The Morgan fingerprint density at radius 3 is 2.70 bits per heavy atom. The lowest BCUT2D eigenvalue weighted by Gasteiger charge is -2.05. The number of amides is 1. The van der Waals surface area contributed by atoms with Gasteiger partial charge in [0.25, 0.3) is 5.91 Å². The Morgan fingerprint density at radius 2 is 2.15 bits per heavy atom. The number of carbonyl (C=O) groups is 1. The van der Waals surface area contributed by atoms with Crippen molar-refractivity contribution in [1.29, 1.82) is 5.26 Å². The molecule has 2 rings (SSSR count). The monoisotopic (exact) mass is 416 g/mol. The SMILES string of the molecule is N#Cc1ccc(CNC(=O)c2cc(Br)c(Br)s2)c(F)c1. The number of rotatable bonds is 3. The Morgan fingerprint density at radius 1 is 1.40 bits per heavy atom. The van der Waals surface area contributed by atoms with Crippen molar-refractivity contribution >= 4 is 49.1 Å². The van der Waals surface area contributed by atoms with Crippen molar-refractivity contribution in [2.45, 2.75) is 6.54 Å². The third-order valence-electron chi connectivity index (χ3n) is 2.49. The maximum Gasteiger partial charge on any atom is 0.261 e. The van der Waals surface area contributed by atoms with Crippen LogP contribution >= 0.6 is 43.2 Å². The molecule has 0 saturated heterocycles. The zero-order valence-corrected chi connectivity index (χ0v) is 13.9. The molecule has 0 aliphatic rings. The second-order valence-corrected chi connectivity index (χ2v) is 7.06. The third-order valence-corrected chi connectivity index (χ3v) is 5.75. The van der Waals surface area contributed by atoms with E-state index in [2.05, 4.69) is 37.2 Å². The number of halogens is 3. The smallest absolute Gasteiger partial charge is 0.261 e. The summed E-state index contributed by atoms with van der Waals surface area (Å²) in [7, 11) is 0. The van der Waals surface area contributed by atoms with E-state index in [1.54, 1.807) is 6.07 Å². The van der Waals surface area contributed by atoms with Crippen molar-refractivity contribution in [2.24, 2.45) is 0 Å². The van der Waals surface area contributed by atoms with Crippen molar-refractivity contribution < 1.29 is 9.18 Å². The molecule has 102 valence electrons. The predicted octanol–water partition coefficient (Wildman–Crippen LogP) is 4.21. The number of nitrogens with one attached hydrogen (secondary N) is 1. The molecular weight excluding hydrogens is 411 g/mol. The van der Waals surface area contributed by atoms with E-state index in [4.69, 9.17) is 5.26 Å². The van der Waals surface area contributed by atoms with Crippen molar-refractivity contribution in [2.75, 3.05) is 0 Å². The van der Waals surface area contributed by atoms with Crippen LogP contribution in [0.5, 0.6) is 0 Å². The van der Waals surface area contributed by atoms with Crippen LogP contribution in [0.25, 0.3) is 0 Å². The quantitative estimate of drug-likeness (QED) is 0.812. The molecule has 0 bridgehead atoms. The number of hydrogen-bond donors (Lipinski definition) is 1. The fourth-order valence-electron chi connectivity index (χ4n) is 1.48. The van der Waals surface area contributed by atoms with Gasteiger partial charge in [-0.2, -0.15) is 5.26 Å². The van der Waals surface area contributed by atoms with Gasteiger partial charge in [0.1, 0.15) is 5.82 Å².